The van der Waals surface area contributed by atoms with Gasteiger partial charge in [0.1, 0.15) is 0 Å². The van der Waals surface area contributed by atoms with Crippen molar-refractivity contribution in [3.63, 3.8) is 0 Å². The van der Waals surface area contributed by atoms with E-state index in [2.05, 4.69) is 23.9 Å². The van der Waals surface area contributed by atoms with E-state index in [1.807, 2.05) is 19.1 Å². The number of sulfonamides is 1. The van der Waals surface area contributed by atoms with Gasteiger partial charge in [-0.05, 0) is 49.9 Å². The molecule has 0 aliphatic rings. The highest BCUT2D eigenvalue weighted by molar-refractivity contribution is 7.89. The van der Waals surface area contributed by atoms with Crippen LogP contribution in [-0.4, -0.2) is 27.5 Å². The number of nitrogens with one attached hydrogen (secondary N) is 2. The molecule has 1 rings (SSSR count). The fourth-order valence-corrected chi connectivity index (χ4v) is 3.25. The summed E-state index contributed by atoms with van der Waals surface area (Å²) in [6.45, 7) is 7.76. The lowest BCUT2D eigenvalue weighted by molar-refractivity contribution is 0.494. The van der Waals surface area contributed by atoms with Crippen LogP contribution in [0.1, 0.15) is 45.6 Å². The molecule has 0 amide bonds. The molecule has 0 spiro atoms. The van der Waals surface area contributed by atoms with E-state index in [0.29, 0.717) is 17.5 Å². The largest absolute Gasteiger partial charge is 0.314 e. The van der Waals surface area contributed by atoms with Gasteiger partial charge in [-0.15, -0.1) is 0 Å². The minimum atomic E-state index is -3.35. The molecule has 5 heteroatoms. The van der Waals surface area contributed by atoms with Crippen LogP contribution >= 0.6 is 0 Å². The maximum absolute atomic E-state index is 12.0. The molecular formula is C16H28N2O2S. The van der Waals surface area contributed by atoms with E-state index in [4.69, 9.17) is 0 Å². The average Bonchev–Trinajstić information content (AvgIpc) is 2.50. The molecule has 1 unspecified atom stereocenters. The van der Waals surface area contributed by atoms with Gasteiger partial charge in [0.15, 0.2) is 0 Å². The summed E-state index contributed by atoms with van der Waals surface area (Å²) in [6.07, 6.45) is 3.91. The molecular weight excluding hydrogens is 284 g/mol. The predicted molar refractivity (Wildman–Crippen MR) is 88.0 cm³/mol. The van der Waals surface area contributed by atoms with Gasteiger partial charge >= 0.3 is 0 Å². The summed E-state index contributed by atoms with van der Waals surface area (Å²) in [4.78, 5) is 0.342. The zero-order valence-corrected chi connectivity index (χ0v) is 14.2. The molecule has 0 fully saturated rings. The van der Waals surface area contributed by atoms with E-state index in [9.17, 15) is 8.42 Å². The molecule has 1 aromatic carbocycles. The lowest BCUT2D eigenvalue weighted by atomic mass is 10.0. The van der Waals surface area contributed by atoms with Gasteiger partial charge in [0.25, 0.3) is 0 Å². The molecule has 0 saturated carbocycles. The molecule has 1 atom stereocenters. The number of hydrogen-bond acceptors (Lipinski definition) is 3. The smallest absolute Gasteiger partial charge is 0.240 e. The Hall–Kier alpha value is -0.910. The number of rotatable bonds is 10. The second-order valence-corrected chi connectivity index (χ2v) is 7.07. The fourth-order valence-electron chi connectivity index (χ4n) is 2.12. The van der Waals surface area contributed by atoms with Crippen LogP contribution in [0.4, 0.5) is 0 Å². The van der Waals surface area contributed by atoms with E-state index >= 15 is 0 Å². The molecule has 0 saturated heterocycles. The second-order valence-electron chi connectivity index (χ2n) is 5.31. The highest BCUT2D eigenvalue weighted by Crippen LogP contribution is 2.13. The van der Waals surface area contributed by atoms with Crippen molar-refractivity contribution in [1.29, 1.82) is 0 Å². The summed E-state index contributed by atoms with van der Waals surface area (Å²) in [7, 11) is -3.35. The fraction of sp³-hybridized carbons (Fsp3) is 0.625. The van der Waals surface area contributed by atoms with Crippen molar-refractivity contribution >= 4 is 10.0 Å². The monoisotopic (exact) mass is 312 g/mol. The van der Waals surface area contributed by atoms with Gasteiger partial charge in [0.2, 0.25) is 10.0 Å². The maximum Gasteiger partial charge on any atom is 0.240 e. The Balaban J connectivity index is 2.69. The molecule has 1 aromatic rings. The average molecular weight is 312 g/mol. The van der Waals surface area contributed by atoms with Gasteiger partial charge in [-0.2, -0.15) is 0 Å². The highest BCUT2D eigenvalue weighted by Gasteiger charge is 2.13. The first-order valence-electron chi connectivity index (χ1n) is 7.85. The lowest BCUT2D eigenvalue weighted by Crippen LogP contribution is -2.31. The first kappa shape index (κ1) is 18.1. The van der Waals surface area contributed by atoms with E-state index in [-0.39, 0.29) is 0 Å². The summed E-state index contributed by atoms with van der Waals surface area (Å²) < 4.78 is 26.6. The molecule has 4 nitrogen and oxygen atoms in total. The van der Waals surface area contributed by atoms with Crippen LogP contribution in [0.25, 0.3) is 0 Å². The van der Waals surface area contributed by atoms with Gasteiger partial charge < -0.3 is 5.32 Å². The van der Waals surface area contributed by atoms with E-state index in [1.165, 1.54) is 5.56 Å². The van der Waals surface area contributed by atoms with Crippen molar-refractivity contribution in [3.05, 3.63) is 29.8 Å². The summed E-state index contributed by atoms with van der Waals surface area (Å²) in [5.74, 6) is 0. The third-order valence-electron chi connectivity index (χ3n) is 3.43. The topological polar surface area (TPSA) is 58.2 Å². The molecule has 0 aromatic heterocycles. The molecule has 0 aliphatic heterocycles. The third-order valence-corrected chi connectivity index (χ3v) is 4.91. The SMILES string of the molecule is CCCNC(CC)Cc1ccc(S(=O)(=O)NCCC)cc1. The Labute approximate surface area is 129 Å². The van der Waals surface area contributed by atoms with Crippen molar-refractivity contribution in [3.8, 4) is 0 Å². The predicted octanol–water partition coefficient (Wildman–Crippen LogP) is 2.70. The summed E-state index contributed by atoms with van der Waals surface area (Å²) in [6, 6.07) is 7.67. The van der Waals surface area contributed by atoms with Crippen LogP contribution in [0.15, 0.2) is 29.2 Å². The number of benzene rings is 1. The highest BCUT2D eigenvalue weighted by atomic mass is 32.2. The van der Waals surface area contributed by atoms with Crippen LogP contribution in [-0.2, 0) is 16.4 Å². The molecule has 0 bridgehead atoms. The summed E-state index contributed by atoms with van der Waals surface area (Å²) in [5, 5.41) is 3.51. The van der Waals surface area contributed by atoms with Crippen molar-refractivity contribution < 1.29 is 8.42 Å². The van der Waals surface area contributed by atoms with E-state index in [0.717, 1.165) is 32.2 Å². The first-order valence-corrected chi connectivity index (χ1v) is 9.33. The van der Waals surface area contributed by atoms with Crippen LogP contribution in [0.2, 0.25) is 0 Å². The van der Waals surface area contributed by atoms with Crippen LogP contribution < -0.4 is 10.0 Å². The zero-order valence-electron chi connectivity index (χ0n) is 13.4. The molecule has 120 valence electrons. The van der Waals surface area contributed by atoms with Gasteiger partial charge in [-0.1, -0.05) is 32.9 Å². The minimum Gasteiger partial charge on any atom is -0.314 e. The van der Waals surface area contributed by atoms with Gasteiger partial charge in [-0.25, -0.2) is 13.1 Å². The first-order chi connectivity index (χ1) is 10.0. The molecule has 0 aliphatic carbocycles. The Morgan fingerprint density at radius 1 is 1.00 bits per heavy atom. The van der Waals surface area contributed by atoms with E-state index in [1.54, 1.807) is 12.1 Å². The van der Waals surface area contributed by atoms with Crippen molar-refractivity contribution in [2.24, 2.45) is 0 Å². The maximum atomic E-state index is 12.0. The summed E-state index contributed by atoms with van der Waals surface area (Å²) in [5.41, 5.74) is 1.17. The quantitative estimate of drug-likeness (QED) is 0.698. The Kier molecular flexibility index (Phi) is 7.93. The summed E-state index contributed by atoms with van der Waals surface area (Å²) >= 11 is 0. The Morgan fingerprint density at radius 2 is 1.62 bits per heavy atom. The van der Waals surface area contributed by atoms with Crippen LogP contribution in [0.5, 0.6) is 0 Å². The van der Waals surface area contributed by atoms with Crippen LogP contribution in [0, 0.1) is 0 Å². The van der Waals surface area contributed by atoms with E-state index < -0.39 is 10.0 Å². The molecule has 2 N–H and O–H groups in total. The zero-order chi connectivity index (χ0) is 15.7. The van der Waals surface area contributed by atoms with Gasteiger partial charge in [0.05, 0.1) is 4.90 Å². The second kappa shape index (κ2) is 9.18. The molecule has 21 heavy (non-hydrogen) atoms. The molecule has 0 radical (unpaired) electrons. The lowest BCUT2D eigenvalue weighted by Gasteiger charge is -2.16. The van der Waals surface area contributed by atoms with Gasteiger partial charge in [-0.3, -0.25) is 0 Å². The number of hydrogen-bond donors (Lipinski definition) is 2. The van der Waals surface area contributed by atoms with Gasteiger partial charge in [0, 0.05) is 12.6 Å². The van der Waals surface area contributed by atoms with Crippen molar-refractivity contribution in [2.45, 2.75) is 57.4 Å². The molecule has 0 heterocycles. The Morgan fingerprint density at radius 3 is 2.14 bits per heavy atom. The van der Waals surface area contributed by atoms with Crippen LogP contribution in [0.3, 0.4) is 0 Å². The van der Waals surface area contributed by atoms with Crippen molar-refractivity contribution in [1.82, 2.24) is 10.0 Å². The minimum absolute atomic E-state index is 0.342. The van der Waals surface area contributed by atoms with Crippen molar-refractivity contribution in [2.75, 3.05) is 13.1 Å². The Bertz CT molecular complexity index is 498. The normalized spacial score (nSPS) is 13.3. The standard InChI is InChI=1S/C16H28N2O2S/c1-4-11-17-15(6-3)13-14-7-9-16(10-8-14)21(19,20)18-12-5-2/h7-10,15,17-18H,4-6,11-13H2,1-3H3. The third kappa shape index (κ3) is 6.16.